The highest BCUT2D eigenvalue weighted by atomic mass is 16.5. The number of likely N-dealkylation sites (N-methyl/N-ethyl adjacent to an activating group) is 2. The van der Waals surface area contributed by atoms with Crippen LogP contribution in [0.2, 0.25) is 0 Å². The third-order valence-electron chi connectivity index (χ3n) is 11.2. The molecule has 2 aromatic rings. The normalized spacial score (nSPS) is 27.1. The fourth-order valence-corrected chi connectivity index (χ4v) is 9.05. The summed E-state index contributed by atoms with van der Waals surface area (Å²) in [4.78, 5) is 22.3. The topological polar surface area (TPSA) is 75.7 Å². The Morgan fingerprint density at radius 1 is 0.844 bits per heavy atom. The maximum Gasteiger partial charge on any atom is 0.228 e. The summed E-state index contributed by atoms with van der Waals surface area (Å²) in [5.41, 5.74) is 4.80. The average molecular weight is 621 g/mol. The molecule has 1 spiro atoms. The molecule has 0 bridgehead atoms. The maximum atomic E-state index is 14.9. The fraction of sp³-hybridized carbons (Fsp3) is 0.639. The van der Waals surface area contributed by atoms with Gasteiger partial charge in [0.1, 0.15) is 0 Å². The predicted molar refractivity (Wildman–Crippen MR) is 176 cm³/mol. The van der Waals surface area contributed by atoms with Crippen LogP contribution in [0.1, 0.15) is 67.8 Å². The van der Waals surface area contributed by atoms with Crippen molar-refractivity contribution in [3.63, 3.8) is 0 Å². The quantitative estimate of drug-likeness (QED) is 0.466. The molecule has 2 unspecified atom stereocenters. The van der Waals surface area contributed by atoms with Crippen LogP contribution in [0.25, 0.3) is 0 Å². The third-order valence-corrected chi connectivity index (χ3v) is 11.2. The molecule has 6 rings (SSSR count). The average Bonchev–Trinajstić information content (AvgIpc) is 3.09. The first-order valence-corrected chi connectivity index (χ1v) is 16.9. The number of nitrogens with zero attached hydrogens (tertiary/aromatic N) is 3. The Morgan fingerprint density at radius 2 is 1.51 bits per heavy atom. The first-order chi connectivity index (χ1) is 21.9. The molecule has 3 aliphatic heterocycles. The summed E-state index contributed by atoms with van der Waals surface area (Å²) < 4.78 is 22.9. The second-order valence-corrected chi connectivity index (χ2v) is 13.0. The largest absolute Gasteiger partial charge is 0.493 e. The molecule has 1 N–H and O–H groups in total. The van der Waals surface area contributed by atoms with E-state index in [0.717, 1.165) is 101 Å². The van der Waals surface area contributed by atoms with E-state index < -0.39 is 0 Å². The second kappa shape index (κ2) is 13.4. The number of ether oxygens (including phenoxy) is 4. The molecule has 4 atom stereocenters. The number of amides is 1. The number of carbonyl (C=O) groups excluding carboxylic acids is 1. The van der Waals surface area contributed by atoms with E-state index in [2.05, 4.69) is 58.1 Å². The van der Waals surface area contributed by atoms with Gasteiger partial charge in [-0.05, 0) is 85.3 Å². The number of hydrogen-bond acceptors (Lipinski definition) is 8. The highest BCUT2D eigenvalue weighted by Gasteiger charge is 2.53. The number of rotatable bonds is 8. The lowest BCUT2D eigenvalue weighted by molar-refractivity contribution is -0.147. The minimum Gasteiger partial charge on any atom is -0.493 e. The molecule has 0 aromatic heterocycles. The van der Waals surface area contributed by atoms with Gasteiger partial charge in [0.15, 0.2) is 23.0 Å². The predicted octanol–water partition coefficient (Wildman–Crippen LogP) is 4.40. The van der Waals surface area contributed by atoms with Gasteiger partial charge in [0.2, 0.25) is 5.91 Å². The number of hydrogen-bond donors (Lipinski definition) is 1. The van der Waals surface area contributed by atoms with E-state index in [4.69, 9.17) is 18.9 Å². The van der Waals surface area contributed by atoms with E-state index in [0.29, 0.717) is 12.5 Å². The smallest absolute Gasteiger partial charge is 0.228 e. The van der Waals surface area contributed by atoms with Crippen LogP contribution in [0.3, 0.4) is 0 Å². The minimum absolute atomic E-state index is 0.104. The second-order valence-electron chi connectivity index (χ2n) is 13.0. The van der Waals surface area contributed by atoms with Crippen molar-refractivity contribution in [3.8, 4) is 23.0 Å². The Labute approximate surface area is 269 Å². The standard InChI is InChI=1S/C36H52N4O5/c1-7-38-16-12-24-19-30(42-3)32(44-5)21-26(24)34(38)29-23-39(18-15-37-29)35(41)27-11-9-10-14-36(27)28-22-33(45-6)31(43-4)20-25(28)13-17-40(36)8-2/h19-22,27,29,34,37H,7-18,23H2,1-6H3/t27-,29?,34?,36+/m0/s1. The molecule has 4 aliphatic rings. The Balaban J connectivity index is 1.35. The van der Waals surface area contributed by atoms with Gasteiger partial charge in [0, 0.05) is 38.8 Å². The van der Waals surface area contributed by atoms with E-state index in [9.17, 15) is 4.79 Å². The van der Waals surface area contributed by atoms with Crippen molar-refractivity contribution in [1.29, 1.82) is 0 Å². The molecular weight excluding hydrogens is 568 g/mol. The highest BCUT2D eigenvalue weighted by Crippen LogP contribution is 2.52. The van der Waals surface area contributed by atoms with Gasteiger partial charge in [0.05, 0.1) is 45.9 Å². The van der Waals surface area contributed by atoms with Gasteiger partial charge in [-0.1, -0.05) is 26.7 Å². The molecule has 3 heterocycles. The number of methoxy groups -OCH3 is 4. The van der Waals surface area contributed by atoms with Gasteiger partial charge < -0.3 is 29.2 Å². The Bertz CT molecular complexity index is 1380. The van der Waals surface area contributed by atoms with Crippen LogP contribution in [0.5, 0.6) is 23.0 Å². The number of piperazine rings is 1. The van der Waals surface area contributed by atoms with Crippen LogP contribution < -0.4 is 24.3 Å². The third kappa shape index (κ3) is 5.44. The van der Waals surface area contributed by atoms with Crippen molar-refractivity contribution in [1.82, 2.24) is 20.0 Å². The Morgan fingerprint density at radius 3 is 2.20 bits per heavy atom. The molecule has 2 aromatic carbocycles. The summed E-state index contributed by atoms with van der Waals surface area (Å²) in [6, 6.07) is 8.91. The summed E-state index contributed by atoms with van der Waals surface area (Å²) in [5, 5.41) is 3.83. The van der Waals surface area contributed by atoms with E-state index in [-0.39, 0.29) is 23.5 Å². The molecule has 1 saturated heterocycles. The SMILES string of the molecule is CCN1CCc2cc(OC)c(OC)cc2C1C1CN(C(=O)[C@@H]2CCCC[C@]23c2cc(OC)c(OC)cc2CCN3CC)CCN1. The monoisotopic (exact) mass is 620 g/mol. The summed E-state index contributed by atoms with van der Waals surface area (Å²) >= 11 is 0. The summed E-state index contributed by atoms with van der Waals surface area (Å²) in [7, 11) is 6.81. The van der Waals surface area contributed by atoms with Crippen LogP contribution in [0, 0.1) is 5.92 Å². The molecule has 2 fully saturated rings. The fourth-order valence-electron chi connectivity index (χ4n) is 9.05. The molecule has 1 saturated carbocycles. The van der Waals surface area contributed by atoms with Crippen LogP contribution in [0.15, 0.2) is 24.3 Å². The number of fused-ring (bicyclic) bond motifs is 3. The van der Waals surface area contributed by atoms with Gasteiger partial charge in [-0.25, -0.2) is 0 Å². The number of benzene rings is 2. The van der Waals surface area contributed by atoms with Gasteiger partial charge in [-0.2, -0.15) is 0 Å². The van der Waals surface area contributed by atoms with Crippen LogP contribution in [0.4, 0.5) is 0 Å². The molecular formula is C36H52N4O5. The Kier molecular flexibility index (Phi) is 9.50. The lowest BCUT2D eigenvalue weighted by Crippen LogP contribution is -2.63. The van der Waals surface area contributed by atoms with Gasteiger partial charge >= 0.3 is 0 Å². The summed E-state index contributed by atoms with van der Waals surface area (Å²) in [5.74, 6) is 3.24. The van der Waals surface area contributed by atoms with Crippen LogP contribution in [-0.2, 0) is 23.2 Å². The zero-order valence-electron chi connectivity index (χ0n) is 28.1. The van der Waals surface area contributed by atoms with Crippen molar-refractivity contribution in [2.75, 3.05) is 74.3 Å². The molecule has 1 amide bonds. The molecule has 0 radical (unpaired) electrons. The first-order valence-electron chi connectivity index (χ1n) is 16.9. The van der Waals surface area contributed by atoms with Crippen LogP contribution in [-0.4, -0.2) is 101 Å². The van der Waals surface area contributed by atoms with Crippen molar-refractivity contribution in [2.24, 2.45) is 5.92 Å². The molecule has 45 heavy (non-hydrogen) atoms. The molecule has 1 aliphatic carbocycles. The Hall–Kier alpha value is -3.01. The van der Waals surface area contributed by atoms with E-state index in [1.165, 1.54) is 22.3 Å². The highest BCUT2D eigenvalue weighted by molar-refractivity contribution is 5.81. The van der Waals surface area contributed by atoms with E-state index in [1.807, 2.05) is 0 Å². The van der Waals surface area contributed by atoms with Gasteiger partial charge in [-0.15, -0.1) is 0 Å². The number of carbonyl (C=O) groups is 1. The van der Waals surface area contributed by atoms with Crippen molar-refractivity contribution in [2.45, 2.75) is 70.0 Å². The molecule has 246 valence electrons. The summed E-state index contributed by atoms with van der Waals surface area (Å²) in [6.45, 7) is 10.5. The lowest BCUT2D eigenvalue weighted by atomic mass is 9.64. The number of nitrogens with one attached hydrogen (secondary N) is 1. The lowest BCUT2D eigenvalue weighted by Gasteiger charge is -2.55. The van der Waals surface area contributed by atoms with Gasteiger partial charge in [0.25, 0.3) is 0 Å². The van der Waals surface area contributed by atoms with Gasteiger partial charge in [-0.3, -0.25) is 14.6 Å². The summed E-state index contributed by atoms with van der Waals surface area (Å²) in [6.07, 6.45) is 6.01. The maximum absolute atomic E-state index is 14.9. The van der Waals surface area contributed by atoms with E-state index >= 15 is 0 Å². The minimum atomic E-state index is -0.339. The molecule has 9 heteroatoms. The van der Waals surface area contributed by atoms with Crippen molar-refractivity contribution in [3.05, 3.63) is 46.5 Å². The van der Waals surface area contributed by atoms with E-state index in [1.54, 1.807) is 28.4 Å². The zero-order valence-corrected chi connectivity index (χ0v) is 28.1. The first kappa shape index (κ1) is 32.0. The van der Waals surface area contributed by atoms with Crippen molar-refractivity contribution >= 4 is 5.91 Å². The zero-order chi connectivity index (χ0) is 31.7. The van der Waals surface area contributed by atoms with Crippen LogP contribution >= 0.6 is 0 Å². The molecule has 9 nitrogen and oxygen atoms in total. The van der Waals surface area contributed by atoms with Crippen molar-refractivity contribution < 1.29 is 23.7 Å².